The first-order chi connectivity index (χ1) is 16.1. The van der Waals surface area contributed by atoms with Crippen LogP contribution < -0.4 is 4.72 Å². The fourth-order valence-corrected chi connectivity index (χ4v) is 5.16. The fourth-order valence-electron chi connectivity index (χ4n) is 4.45. The van der Waals surface area contributed by atoms with Crippen molar-refractivity contribution in [1.29, 1.82) is 0 Å². The SMILES string of the molecule is O=C(O)CC(CCCC1CCCCC1)c1nc(C(=O)NSc2cccc3cccnc23)no1. The number of hydrogen-bond donors (Lipinski definition) is 2. The predicted molar refractivity (Wildman–Crippen MR) is 125 cm³/mol. The van der Waals surface area contributed by atoms with Gasteiger partial charge in [0.05, 0.1) is 16.8 Å². The second-order valence-corrected chi connectivity index (χ2v) is 9.40. The number of aromatic nitrogens is 3. The van der Waals surface area contributed by atoms with Gasteiger partial charge in [-0.25, -0.2) is 0 Å². The number of carbonyl (C=O) groups excluding carboxylic acids is 1. The Morgan fingerprint density at radius 2 is 2.00 bits per heavy atom. The van der Waals surface area contributed by atoms with Gasteiger partial charge in [0.1, 0.15) is 0 Å². The van der Waals surface area contributed by atoms with Crippen molar-refractivity contribution in [1.82, 2.24) is 19.8 Å². The highest BCUT2D eigenvalue weighted by molar-refractivity contribution is 7.98. The summed E-state index contributed by atoms with van der Waals surface area (Å²) in [5.74, 6) is -0.972. The minimum atomic E-state index is -0.916. The van der Waals surface area contributed by atoms with Gasteiger partial charge >= 0.3 is 11.9 Å². The molecule has 1 unspecified atom stereocenters. The fraction of sp³-hybridized carbons (Fsp3) is 0.458. The quantitative estimate of drug-likeness (QED) is 0.382. The Hall–Kier alpha value is -2.94. The molecule has 3 aromatic rings. The van der Waals surface area contributed by atoms with E-state index in [1.807, 2.05) is 30.3 Å². The van der Waals surface area contributed by atoms with Crippen molar-refractivity contribution in [3.8, 4) is 0 Å². The number of carbonyl (C=O) groups is 2. The van der Waals surface area contributed by atoms with Crippen LogP contribution in [0.15, 0.2) is 45.9 Å². The van der Waals surface area contributed by atoms with Crippen molar-refractivity contribution < 1.29 is 19.2 Å². The summed E-state index contributed by atoms with van der Waals surface area (Å²) in [6, 6.07) is 9.54. The molecule has 1 fully saturated rings. The Morgan fingerprint density at radius 3 is 2.82 bits per heavy atom. The van der Waals surface area contributed by atoms with Crippen molar-refractivity contribution in [2.24, 2.45) is 5.92 Å². The van der Waals surface area contributed by atoms with Gasteiger partial charge in [-0.2, -0.15) is 4.98 Å². The van der Waals surface area contributed by atoms with Crippen LogP contribution in [0, 0.1) is 5.92 Å². The third-order valence-electron chi connectivity index (χ3n) is 6.15. The number of nitrogens with zero attached hydrogens (tertiary/aromatic N) is 3. The molecule has 4 rings (SSSR count). The molecule has 2 aromatic heterocycles. The molecule has 33 heavy (non-hydrogen) atoms. The van der Waals surface area contributed by atoms with Crippen LogP contribution >= 0.6 is 11.9 Å². The Morgan fingerprint density at radius 1 is 1.18 bits per heavy atom. The van der Waals surface area contributed by atoms with Gasteiger partial charge in [-0.1, -0.05) is 68.3 Å². The number of benzene rings is 1. The van der Waals surface area contributed by atoms with Gasteiger partial charge in [-0.3, -0.25) is 19.3 Å². The summed E-state index contributed by atoms with van der Waals surface area (Å²) < 4.78 is 8.03. The third-order valence-corrected chi connectivity index (χ3v) is 6.99. The lowest BCUT2D eigenvalue weighted by Crippen LogP contribution is -2.17. The van der Waals surface area contributed by atoms with Crippen LogP contribution in [0.1, 0.15) is 80.2 Å². The monoisotopic (exact) mass is 468 g/mol. The molecule has 2 N–H and O–H groups in total. The van der Waals surface area contributed by atoms with E-state index in [1.165, 1.54) is 32.1 Å². The molecule has 0 radical (unpaired) electrons. The van der Waals surface area contributed by atoms with E-state index in [1.54, 1.807) is 6.20 Å². The second kappa shape index (κ2) is 11.3. The first-order valence-electron chi connectivity index (χ1n) is 11.5. The van der Waals surface area contributed by atoms with Crippen LogP contribution in [0.5, 0.6) is 0 Å². The largest absolute Gasteiger partial charge is 0.481 e. The molecule has 1 amide bonds. The summed E-state index contributed by atoms with van der Waals surface area (Å²) in [4.78, 5) is 33.4. The van der Waals surface area contributed by atoms with E-state index < -0.39 is 17.8 Å². The molecule has 2 heterocycles. The Balaban J connectivity index is 1.36. The topological polar surface area (TPSA) is 118 Å². The summed E-state index contributed by atoms with van der Waals surface area (Å²) >= 11 is 1.13. The molecule has 0 bridgehead atoms. The number of rotatable bonds is 10. The Bertz CT molecular complexity index is 1090. The van der Waals surface area contributed by atoms with Crippen LogP contribution in [0.25, 0.3) is 10.9 Å². The maximum absolute atomic E-state index is 12.6. The lowest BCUT2D eigenvalue weighted by Gasteiger charge is -2.21. The lowest BCUT2D eigenvalue weighted by atomic mass is 9.84. The zero-order valence-electron chi connectivity index (χ0n) is 18.4. The van der Waals surface area contributed by atoms with Crippen molar-refractivity contribution >= 4 is 34.7 Å². The Labute approximate surface area is 196 Å². The summed E-state index contributed by atoms with van der Waals surface area (Å²) in [5.41, 5.74) is 0.790. The zero-order valence-corrected chi connectivity index (χ0v) is 19.2. The van der Waals surface area contributed by atoms with Gasteiger partial charge in [0, 0.05) is 17.5 Å². The highest BCUT2D eigenvalue weighted by Crippen LogP contribution is 2.31. The van der Waals surface area contributed by atoms with E-state index >= 15 is 0 Å². The summed E-state index contributed by atoms with van der Waals surface area (Å²) in [5, 5.41) is 14.1. The highest BCUT2D eigenvalue weighted by Gasteiger charge is 2.25. The van der Waals surface area contributed by atoms with E-state index in [-0.39, 0.29) is 18.1 Å². The molecule has 0 aliphatic heterocycles. The van der Waals surface area contributed by atoms with E-state index in [0.29, 0.717) is 6.42 Å². The molecule has 174 valence electrons. The van der Waals surface area contributed by atoms with Gasteiger partial charge in [-0.05, 0) is 36.4 Å². The van der Waals surface area contributed by atoms with E-state index in [2.05, 4.69) is 19.8 Å². The average molecular weight is 469 g/mol. The first kappa shape index (κ1) is 23.2. The number of hydrogen-bond acceptors (Lipinski definition) is 7. The van der Waals surface area contributed by atoms with Gasteiger partial charge in [0.25, 0.3) is 5.82 Å². The van der Waals surface area contributed by atoms with E-state index in [4.69, 9.17) is 4.52 Å². The number of amides is 1. The van der Waals surface area contributed by atoms with Gasteiger partial charge in [-0.15, -0.1) is 0 Å². The van der Waals surface area contributed by atoms with E-state index in [0.717, 1.165) is 46.5 Å². The van der Waals surface area contributed by atoms with Crippen LogP contribution in [0.2, 0.25) is 0 Å². The van der Waals surface area contributed by atoms with Crippen LogP contribution in [-0.2, 0) is 4.79 Å². The second-order valence-electron chi connectivity index (χ2n) is 8.55. The molecule has 0 spiro atoms. The van der Waals surface area contributed by atoms with Crippen LogP contribution in [0.3, 0.4) is 0 Å². The number of para-hydroxylation sites is 1. The number of fused-ring (bicyclic) bond motifs is 1. The van der Waals surface area contributed by atoms with Crippen molar-refractivity contribution in [2.75, 3.05) is 0 Å². The van der Waals surface area contributed by atoms with Crippen LogP contribution in [0.4, 0.5) is 0 Å². The molecule has 0 saturated heterocycles. The molecular formula is C24H28N4O4S. The van der Waals surface area contributed by atoms with Crippen molar-refractivity contribution in [3.63, 3.8) is 0 Å². The number of aliphatic carboxylic acids is 1. The zero-order chi connectivity index (χ0) is 23.0. The number of carboxylic acid groups (broad SMARTS) is 1. The minimum absolute atomic E-state index is 0.0929. The average Bonchev–Trinajstić information content (AvgIpc) is 3.33. The Kier molecular flexibility index (Phi) is 7.93. The molecule has 1 aliphatic rings. The minimum Gasteiger partial charge on any atom is -0.481 e. The number of nitrogens with one attached hydrogen (secondary N) is 1. The standard InChI is InChI=1S/C24H28N4O4S/c29-20(30)15-18(11-4-9-16-7-2-1-3-8-16)24-26-22(27-32-24)23(31)28-33-19-13-5-10-17-12-6-14-25-21(17)19/h5-6,10,12-14,16,18H,1-4,7-9,11,15H2,(H,28,31)(H,29,30). The van der Waals surface area contributed by atoms with Crippen LogP contribution in [-0.4, -0.2) is 32.1 Å². The maximum atomic E-state index is 12.6. The normalized spacial score (nSPS) is 15.4. The third kappa shape index (κ3) is 6.31. The number of carboxylic acids is 1. The molecule has 9 heteroatoms. The van der Waals surface area contributed by atoms with Gasteiger partial charge in [0.2, 0.25) is 5.89 Å². The number of pyridine rings is 1. The molecule has 1 aliphatic carbocycles. The highest BCUT2D eigenvalue weighted by atomic mass is 32.2. The lowest BCUT2D eigenvalue weighted by molar-refractivity contribution is -0.137. The molecule has 1 atom stereocenters. The summed E-state index contributed by atoms with van der Waals surface area (Å²) in [7, 11) is 0. The molecule has 8 nitrogen and oxygen atoms in total. The maximum Gasteiger partial charge on any atom is 0.304 e. The molecule has 1 saturated carbocycles. The molecular weight excluding hydrogens is 440 g/mol. The molecule has 1 aromatic carbocycles. The van der Waals surface area contributed by atoms with Gasteiger partial charge in [0.15, 0.2) is 0 Å². The predicted octanol–water partition coefficient (Wildman–Crippen LogP) is 5.36. The first-order valence-corrected chi connectivity index (χ1v) is 12.3. The van der Waals surface area contributed by atoms with Crippen molar-refractivity contribution in [2.45, 2.75) is 68.6 Å². The van der Waals surface area contributed by atoms with Crippen molar-refractivity contribution in [3.05, 3.63) is 48.2 Å². The smallest absolute Gasteiger partial charge is 0.304 e. The summed E-state index contributed by atoms with van der Waals surface area (Å²) in [6.07, 6.45) is 10.7. The van der Waals surface area contributed by atoms with Gasteiger partial charge < -0.3 is 9.63 Å². The summed E-state index contributed by atoms with van der Waals surface area (Å²) in [6.45, 7) is 0. The van der Waals surface area contributed by atoms with E-state index in [9.17, 15) is 14.7 Å².